The molecule has 3 fully saturated rings. The Morgan fingerprint density at radius 2 is 2.00 bits per heavy atom. The summed E-state index contributed by atoms with van der Waals surface area (Å²) >= 11 is 1.43. The van der Waals surface area contributed by atoms with Crippen LogP contribution in [0.25, 0.3) is 0 Å². The first-order valence-corrected chi connectivity index (χ1v) is 11.4. The molecule has 4 aliphatic rings. The summed E-state index contributed by atoms with van der Waals surface area (Å²) in [6, 6.07) is -0.610. The zero-order chi connectivity index (χ0) is 21.8. The Balaban J connectivity index is 1.49. The van der Waals surface area contributed by atoms with Gasteiger partial charge in [-0.25, -0.2) is 4.79 Å². The van der Waals surface area contributed by atoms with Gasteiger partial charge in [0.15, 0.2) is 0 Å². The second-order valence-corrected chi connectivity index (χ2v) is 10.4. The molecule has 0 aromatic heterocycles. The number of piperazine rings is 1. The average molecular weight is 439 g/mol. The first kappa shape index (κ1) is 21.6. The molecule has 166 valence electrons. The molecular formula is C20H30N4O5S. The average Bonchev–Trinajstić information content (AvgIpc) is 3.23. The molecule has 4 heterocycles. The molecule has 0 aliphatic carbocycles. The number of hydrogen-bond acceptors (Lipinski definition) is 7. The molecule has 3 saturated heterocycles. The van der Waals surface area contributed by atoms with E-state index in [0.717, 1.165) is 13.1 Å². The summed E-state index contributed by atoms with van der Waals surface area (Å²) < 4.78 is -1.08. The van der Waals surface area contributed by atoms with Gasteiger partial charge in [0.25, 0.3) is 0 Å². The van der Waals surface area contributed by atoms with Crippen LogP contribution in [0, 0.1) is 5.92 Å². The van der Waals surface area contributed by atoms with Gasteiger partial charge in [-0.1, -0.05) is 6.92 Å². The van der Waals surface area contributed by atoms with Gasteiger partial charge in [-0.2, -0.15) is 0 Å². The number of rotatable bonds is 5. The minimum atomic E-state index is -1.12. The highest BCUT2D eigenvalue weighted by Crippen LogP contribution is 2.55. The minimum absolute atomic E-state index is 0.00433. The van der Waals surface area contributed by atoms with Crippen LogP contribution in [-0.2, 0) is 14.4 Å². The molecule has 30 heavy (non-hydrogen) atoms. The van der Waals surface area contributed by atoms with E-state index in [-0.39, 0.29) is 40.8 Å². The van der Waals surface area contributed by atoms with Gasteiger partial charge in [0.05, 0.1) is 18.2 Å². The van der Waals surface area contributed by atoms with E-state index >= 15 is 0 Å². The smallest absolute Gasteiger partial charge is 0.352 e. The quantitative estimate of drug-likeness (QED) is 0.477. The molecule has 0 aromatic rings. The highest BCUT2D eigenvalue weighted by Gasteiger charge is 2.69. The predicted molar refractivity (Wildman–Crippen MR) is 112 cm³/mol. The van der Waals surface area contributed by atoms with Gasteiger partial charge in [0.2, 0.25) is 11.8 Å². The first-order chi connectivity index (χ1) is 14.2. The summed E-state index contributed by atoms with van der Waals surface area (Å²) in [5.74, 6) is -1.50. The molecule has 0 radical (unpaired) electrons. The third-order valence-corrected chi connectivity index (χ3v) is 8.70. The van der Waals surface area contributed by atoms with E-state index in [4.69, 9.17) is 0 Å². The predicted octanol–water partition coefficient (Wildman–Crippen LogP) is -0.827. The fourth-order valence-corrected chi connectivity index (χ4v) is 7.38. The molecule has 10 heteroatoms. The summed E-state index contributed by atoms with van der Waals surface area (Å²) in [5.41, 5.74) is 0.00433. The normalized spacial score (nSPS) is 37.6. The van der Waals surface area contributed by atoms with Crippen LogP contribution < -0.4 is 5.32 Å². The van der Waals surface area contributed by atoms with E-state index < -0.39 is 16.8 Å². The Labute approximate surface area is 180 Å². The number of nitrogens with one attached hydrogen (secondary N) is 1. The molecule has 4 rings (SSSR count). The standard InChI is InChI=1S/C20H30N4O5S/c1-11-8-15(18(27)28)24-16(11)20(12(2)25,19(24)29)30-13-9-14(22(3)10-13)17(26)23-6-4-21-5-7-23/h8,11-14,16,21,25H,4-7,9-10H2,1-3H3,(H,27,28)/t11?,12?,13?,14?,16-,20?/m0/s1. The van der Waals surface area contributed by atoms with E-state index in [2.05, 4.69) is 5.32 Å². The summed E-state index contributed by atoms with van der Waals surface area (Å²) in [7, 11) is 1.93. The Bertz CT molecular complexity index is 783. The molecular weight excluding hydrogens is 408 g/mol. The van der Waals surface area contributed by atoms with E-state index in [9.17, 15) is 24.6 Å². The molecule has 6 atom stereocenters. The molecule has 0 bridgehead atoms. The molecule has 0 spiro atoms. The number of carbonyl (C=O) groups excluding carboxylic acids is 2. The van der Waals surface area contributed by atoms with Crippen LogP contribution in [0.4, 0.5) is 0 Å². The van der Waals surface area contributed by atoms with Crippen molar-refractivity contribution in [3.8, 4) is 0 Å². The van der Waals surface area contributed by atoms with Crippen molar-refractivity contribution in [2.75, 3.05) is 39.8 Å². The lowest BCUT2D eigenvalue weighted by molar-refractivity contribution is -0.158. The number of fused-ring (bicyclic) bond motifs is 1. The number of likely N-dealkylation sites (tertiary alicyclic amines) is 1. The molecule has 2 amide bonds. The number of carboxylic acid groups (broad SMARTS) is 1. The number of aliphatic hydroxyl groups excluding tert-OH is 1. The topological polar surface area (TPSA) is 113 Å². The number of nitrogens with zero attached hydrogens (tertiary/aromatic N) is 3. The van der Waals surface area contributed by atoms with Gasteiger partial charge in [-0.15, -0.1) is 11.8 Å². The van der Waals surface area contributed by atoms with E-state index in [1.807, 2.05) is 23.8 Å². The third-order valence-electron chi connectivity index (χ3n) is 6.87. The first-order valence-electron chi connectivity index (χ1n) is 10.5. The Hall–Kier alpha value is -1.62. The van der Waals surface area contributed by atoms with Crippen LogP contribution in [0.1, 0.15) is 20.3 Å². The zero-order valence-electron chi connectivity index (χ0n) is 17.6. The van der Waals surface area contributed by atoms with Gasteiger partial charge in [-0.05, 0) is 32.4 Å². The Morgan fingerprint density at radius 1 is 1.33 bits per heavy atom. The number of carbonyl (C=O) groups is 3. The van der Waals surface area contributed by atoms with E-state index in [1.165, 1.54) is 16.7 Å². The highest BCUT2D eigenvalue weighted by atomic mass is 32.2. The van der Waals surface area contributed by atoms with Gasteiger partial charge in [0.1, 0.15) is 10.4 Å². The van der Waals surface area contributed by atoms with Crippen molar-refractivity contribution < 1.29 is 24.6 Å². The number of hydrogen-bond donors (Lipinski definition) is 3. The van der Waals surface area contributed by atoms with Gasteiger partial charge in [0, 0.05) is 38.0 Å². The number of β-lactam (4-membered cyclic amide) rings is 1. The molecule has 4 aliphatic heterocycles. The maximum atomic E-state index is 13.1. The van der Waals surface area contributed by atoms with Crippen molar-refractivity contribution in [2.24, 2.45) is 5.92 Å². The van der Waals surface area contributed by atoms with Crippen molar-refractivity contribution in [1.82, 2.24) is 20.0 Å². The lowest BCUT2D eigenvalue weighted by Crippen LogP contribution is -2.76. The highest BCUT2D eigenvalue weighted by molar-refractivity contribution is 8.02. The molecule has 0 saturated carbocycles. The van der Waals surface area contributed by atoms with Crippen molar-refractivity contribution in [3.63, 3.8) is 0 Å². The van der Waals surface area contributed by atoms with Crippen molar-refractivity contribution in [1.29, 1.82) is 0 Å². The van der Waals surface area contributed by atoms with Crippen molar-refractivity contribution in [2.45, 2.75) is 48.5 Å². The number of aliphatic carboxylic acids is 1. The maximum Gasteiger partial charge on any atom is 0.352 e. The zero-order valence-corrected chi connectivity index (χ0v) is 18.4. The Morgan fingerprint density at radius 3 is 2.60 bits per heavy atom. The summed E-state index contributed by atoms with van der Waals surface area (Å²) in [4.78, 5) is 42.9. The van der Waals surface area contributed by atoms with Crippen LogP contribution >= 0.6 is 11.8 Å². The van der Waals surface area contributed by atoms with Crippen LogP contribution in [-0.4, -0.2) is 111 Å². The van der Waals surface area contributed by atoms with Crippen molar-refractivity contribution in [3.05, 3.63) is 11.8 Å². The lowest BCUT2D eigenvalue weighted by atomic mass is 9.78. The minimum Gasteiger partial charge on any atom is -0.477 e. The van der Waals surface area contributed by atoms with E-state index in [0.29, 0.717) is 26.1 Å². The number of aliphatic hydroxyl groups is 1. The van der Waals surface area contributed by atoms with Crippen LogP contribution in [0.3, 0.4) is 0 Å². The van der Waals surface area contributed by atoms with E-state index in [1.54, 1.807) is 13.0 Å². The monoisotopic (exact) mass is 438 g/mol. The summed E-state index contributed by atoms with van der Waals surface area (Å²) in [6.07, 6.45) is 1.30. The lowest BCUT2D eigenvalue weighted by Gasteiger charge is -2.56. The van der Waals surface area contributed by atoms with Crippen LogP contribution in [0.2, 0.25) is 0 Å². The van der Waals surface area contributed by atoms with Crippen LogP contribution in [0.5, 0.6) is 0 Å². The number of amides is 2. The second-order valence-electron chi connectivity index (χ2n) is 8.81. The number of likely N-dealkylation sites (N-methyl/N-ethyl adjacent to an activating group) is 1. The fraction of sp³-hybridized carbons (Fsp3) is 0.750. The molecule has 3 N–H and O–H groups in total. The van der Waals surface area contributed by atoms with Gasteiger partial charge in [-0.3, -0.25) is 19.4 Å². The SMILES string of the molecule is CC1C=C(C(=O)O)N2C(=O)C(SC3CC(C(=O)N4CCNCC4)N(C)C3)(C(C)O)[C@H]12. The summed E-state index contributed by atoms with van der Waals surface area (Å²) in [6.45, 7) is 7.15. The van der Waals surface area contributed by atoms with Gasteiger partial charge < -0.3 is 20.4 Å². The van der Waals surface area contributed by atoms with Crippen LogP contribution in [0.15, 0.2) is 11.8 Å². The molecule has 9 nitrogen and oxygen atoms in total. The largest absolute Gasteiger partial charge is 0.477 e. The number of carboxylic acids is 1. The maximum absolute atomic E-state index is 13.1. The van der Waals surface area contributed by atoms with Crippen molar-refractivity contribution >= 4 is 29.5 Å². The number of thioether (sulfide) groups is 1. The third kappa shape index (κ3) is 3.16. The molecule has 5 unspecified atom stereocenters. The second kappa shape index (κ2) is 7.81. The summed E-state index contributed by atoms with van der Waals surface area (Å²) in [5, 5.41) is 23.3. The Kier molecular flexibility index (Phi) is 5.63. The fourth-order valence-electron chi connectivity index (χ4n) is 5.39. The van der Waals surface area contributed by atoms with Gasteiger partial charge >= 0.3 is 5.97 Å². The molecule has 0 aromatic carbocycles.